The van der Waals surface area contributed by atoms with Gasteiger partial charge in [-0.15, -0.1) is 0 Å². The van der Waals surface area contributed by atoms with Crippen LogP contribution in [-0.2, 0) is 4.79 Å². The minimum atomic E-state index is -0.604. The molecule has 114 valence electrons. The fraction of sp³-hybridized carbons (Fsp3) is 0.235. The molecule has 0 bridgehead atoms. The molecule has 0 fully saturated rings. The Labute approximate surface area is 128 Å². The highest BCUT2D eigenvalue weighted by Gasteiger charge is 2.18. The number of anilines is 1. The largest absolute Gasteiger partial charge is 0.481 e. The summed E-state index contributed by atoms with van der Waals surface area (Å²) in [6.07, 6.45) is -0.604. The first-order chi connectivity index (χ1) is 10.6. The van der Waals surface area contributed by atoms with Crippen molar-refractivity contribution in [2.45, 2.75) is 20.0 Å². The van der Waals surface area contributed by atoms with Gasteiger partial charge in [0.05, 0.1) is 0 Å². The van der Waals surface area contributed by atoms with E-state index in [4.69, 9.17) is 14.2 Å². The van der Waals surface area contributed by atoms with Gasteiger partial charge in [0, 0.05) is 11.8 Å². The summed E-state index contributed by atoms with van der Waals surface area (Å²) >= 11 is 0. The molecular formula is C17H17NO4. The fourth-order valence-corrected chi connectivity index (χ4v) is 2.16. The smallest absolute Gasteiger partial charge is 0.265 e. The Kier molecular flexibility index (Phi) is 3.87. The minimum absolute atomic E-state index is 0.208. The highest BCUT2D eigenvalue weighted by molar-refractivity contribution is 5.94. The number of benzene rings is 2. The van der Waals surface area contributed by atoms with Crippen LogP contribution in [0.1, 0.15) is 12.5 Å². The highest BCUT2D eigenvalue weighted by atomic mass is 16.7. The Morgan fingerprint density at radius 1 is 1.18 bits per heavy atom. The normalized spacial score (nSPS) is 13.5. The van der Waals surface area contributed by atoms with E-state index in [1.165, 1.54) is 0 Å². The molecule has 2 aromatic rings. The average Bonchev–Trinajstić information content (AvgIpc) is 2.94. The lowest BCUT2D eigenvalue weighted by Crippen LogP contribution is -2.30. The van der Waals surface area contributed by atoms with Crippen LogP contribution in [0.3, 0.4) is 0 Å². The molecule has 1 aliphatic heterocycles. The van der Waals surface area contributed by atoms with Gasteiger partial charge in [-0.3, -0.25) is 4.79 Å². The van der Waals surface area contributed by atoms with Gasteiger partial charge in [-0.1, -0.05) is 12.1 Å². The van der Waals surface area contributed by atoms with Crippen LogP contribution in [0, 0.1) is 6.92 Å². The van der Waals surface area contributed by atoms with Gasteiger partial charge >= 0.3 is 0 Å². The molecule has 1 amide bonds. The van der Waals surface area contributed by atoms with E-state index < -0.39 is 6.10 Å². The molecule has 5 nitrogen and oxygen atoms in total. The summed E-state index contributed by atoms with van der Waals surface area (Å²) in [5.74, 6) is 1.76. The zero-order valence-corrected chi connectivity index (χ0v) is 12.5. The zero-order chi connectivity index (χ0) is 15.5. The van der Waals surface area contributed by atoms with Crippen molar-refractivity contribution < 1.29 is 19.0 Å². The molecule has 1 aliphatic rings. The number of ether oxygens (including phenoxy) is 3. The van der Waals surface area contributed by atoms with Crippen molar-refractivity contribution in [3.05, 3.63) is 48.0 Å². The van der Waals surface area contributed by atoms with Crippen molar-refractivity contribution >= 4 is 11.6 Å². The number of fused-ring (bicyclic) bond motifs is 1. The molecule has 0 unspecified atom stereocenters. The van der Waals surface area contributed by atoms with Gasteiger partial charge in [0.1, 0.15) is 5.75 Å². The Bertz CT molecular complexity index is 699. The first-order valence-electron chi connectivity index (χ1n) is 7.05. The average molecular weight is 299 g/mol. The lowest BCUT2D eigenvalue weighted by molar-refractivity contribution is -0.122. The summed E-state index contributed by atoms with van der Waals surface area (Å²) in [4.78, 5) is 12.2. The molecule has 0 spiro atoms. The highest BCUT2D eigenvalue weighted by Crippen LogP contribution is 2.34. The van der Waals surface area contributed by atoms with Gasteiger partial charge < -0.3 is 19.5 Å². The molecule has 22 heavy (non-hydrogen) atoms. The van der Waals surface area contributed by atoms with Crippen molar-refractivity contribution in [1.82, 2.24) is 0 Å². The van der Waals surface area contributed by atoms with Crippen molar-refractivity contribution in [3.63, 3.8) is 0 Å². The molecule has 1 atom stereocenters. The van der Waals surface area contributed by atoms with Gasteiger partial charge in [0.25, 0.3) is 5.91 Å². The maximum Gasteiger partial charge on any atom is 0.265 e. The summed E-state index contributed by atoms with van der Waals surface area (Å²) in [6.45, 7) is 3.90. The number of rotatable bonds is 4. The molecule has 2 aromatic carbocycles. The molecule has 0 aromatic heterocycles. The number of amides is 1. The van der Waals surface area contributed by atoms with Gasteiger partial charge in [0.2, 0.25) is 6.79 Å². The van der Waals surface area contributed by atoms with Gasteiger partial charge in [-0.25, -0.2) is 0 Å². The van der Waals surface area contributed by atoms with Crippen LogP contribution in [-0.4, -0.2) is 18.8 Å². The fourth-order valence-electron chi connectivity index (χ4n) is 2.16. The van der Waals surface area contributed by atoms with Crippen LogP contribution >= 0.6 is 0 Å². The molecule has 0 aliphatic carbocycles. The Hall–Kier alpha value is -2.69. The Morgan fingerprint density at radius 2 is 2.00 bits per heavy atom. The Balaban J connectivity index is 1.64. The summed E-state index contributed by atoms with van der Waals surface area (Å²) in [7, 11) is 0. The van der Waals surface area contributed by atoms with Gasteiger partial charge in [0.15, 0.2) is 17.6 Å². The van der Waals surface area contributed by atoms with Crippen molar-refractivity contribution in [1.29, 1.82) is 0 Å². The number of aryl methyl sites for hydroxylation is 1. The van der Waals surface area contributed by atoms with Crippen LogP contribution in [0.4, 0.5) is 5.69 Å². The molecule has 0 saturated heterocycles. The number of nitrogens with one attached hydrogen (secondary N) is 1. The van der Waals surface area contributed by atoms with Gasteiger partial charge in [-0.2, -0.15) is 0 Å². The first kappa shape index (κ1) is 14.3. The van der Waals surface area contributed by atoms with E-state index in [2.05, 4.69) is 5.32 Å². The predicted molar refractivity (Wildman–Crippen MR) is 82.5 cm³/mol. The Morgan fingerprint density at radius 3 is 2.82 bits per heavy atom. The summed E-state index contributed by atoms with van der Waals surface area (Å²) < 4.78 is 16.2. The van der Waals surface area contributed by atoms with Crippen molar-refractivity contribution in [2.24, 2.45) is 0 Å². The van der Waals surface area contributed by atoms with Crippen molar-refractivity contribution in [3.8, 4) is 17.2 Å². The quantitative estimate of drug-likeness (QED) is 0.942. The van der Waals surface area contributed by atoms with E-state index in [-0.39, 0.29) is 12.7 Å². The second kappa shape index (κ2) is 5.97. The molecule has 0 saturated carbocycles. The van der Waals surface area contributed by atoms with Crippen LogP contribution < -0.4 is 19.5 Å². The maximum absolute atomic E-state index is 12.2. The SMILES string of the molecule is Cc1cccc(O[C@@H](C)C(=O)Nc2ccc3c(c2)OCO3)c1. The zero-order valence-electron chi connectivity index (χ0n) is 12.5. The lowest BCUT2D eigenvalue weighted by Gasteiger charge is -2.15. The molecule has 1 heterocycles. The van der Waals surface area contributed by atoms with E-state index >= 15 is 0 Å². The van der Waals surface area contributed by atoms with E-state index in [9.17, 15) is 4.79 Å². The first-order valence-corrected chi connectivity index (χ1v) is 7.05. The number of hydrogen-bond donors (Lipinski definition) is 1. The van der Waals surface area contributed by atoms with Gasteiger partial charge in [-0.05, 0) is 43.7 Å². The van der Waals surface area contributed by atoms with Crippen LogP contribution in [0.15, 0.2) is 42.5 Å². The second-order valence-electron chi connectivity index (χ2n) is 5.13. The van der Waals surface area contributed by atoms with Crippen LogP contribution in [0.25, 0.3) is 0 Å². The van der Waals surface area contributed by atoms with Crippen molar-refractivity contribution in [2.75, 3.05) is 12.1 Å². The predicted octanol–water partition coefficient (Wildman–Crippen LogP) is 3.13. The van der Waals surface area contributed by atoms with Crippen LogP contribution in [0.5, 0.6) is 17.2 Å². The van der Waals surface area contributed by atoms with E-state index in [1.54, 1.807) is 25.1 Å². The standard InChI is InChI=1S/C17H17NO4/c1-11-4-3-5-14(8-11)22-12(2)17(19)18-13-6-7-15-16(9-13)21-10-20-15/h3-9,12H,10H2,1-2H3,(H,18,19)/t12-/m0/s1. The van der Waals surface area contributed by atoms with E-state index in [0.717, 1.165) is 5.56 Å². The third-order valence-corrected chi connectivity index (χ3v) is 3.31. The third kappa shape index (κ3) is 3.14. The number of carbonyl (C=O) groups excluding carboxylic acids is 1. The molecular weight excluding hydrogens is 282 g/mol. The maximum atomic E-state index is 12.2. The van der Waals surface area contributed by atoms with Crippen LogP contribution in [0.2, 0.25) is 0 Å². The topological polar surface area (TPSA) is 56.8 Å². The third-order valence-electron chi connectivity index (χ3n) is 3.31. The molecule has 3 rings (SSSR count). The molecule has 5 heteroatoms. The monoisotopic (exact) mass is 299 g/mol. The second-order valence-corrected chi connectivity index (χ2v) is 5.13. The molecule has 1 N–H and O–H groups in total. The lowest BCUT2D eigenvalue weighted by atomic mass is 10.2. The summed E-state index contributed by atoms with van der Waals surface area (Å²) in [6, 6.07) is 12.9. The molecule has 0 radical (unpaired) electrons. The number of carbonyl (C=O) groups is 1. The summed E-state index contributed by atoms with van der Waals surface area (Å²) in [5.41, 5.74) is 1.73. The van der Waals surface area contributed by atoms with E-state index in [1.807, 2.05) is 31.2 Å². The summed E-state index contributed by atoms with van der Waals surface area (Å²) in [5, 5.41) is 2.81. The minimum Gasteiger partial charge on any atom is -0.481 e. The van der Waals surface area contributed by atoms with E-state index in [0.29, 0.717) is 22.9 Å². The number of hydrogen-bond acceptors (Lipinski definition) is 4.